The summed E-state index contributed by atoms with van der Waals surface area (Å²) in [6.07, 6.45) is 11.3. The van der Waals surface area contributed by atoms with Gasteiger partial charge in [0.1, 0.15) is 5.82 Å². The van der Waals surface area contributed by atoms with Crippen LogP contribution in [-0.2, 0) is 19.3 Å². The fraction of sp³-hybridized carbons (Fsp3) is 0.400. The summed E-state index contributed by atoms with van der Waals surface area (Å²) in [6.45, 7) is 0.780. The molecule has 0 amide bonds. The second-order valence-electron chi connectivity index (χ2n) is 9.69. The molecule has 0 radical (unpaired) electrons. The molecule has 0 aliphatic heterocycles. The van der Waals surface area contributed by atoms with Crippen LogP contribution < -0.4 is 4.74 Å². The first-order chi connectivity index (χ1) is 16.9. The van der Waals surface area contributed by atoms with Crippen LogP contribution in [0.2, 0.25) is 0 Å². The Kier molecular flexibility index (Phi) is 8.48. The molecule has 1 nitrogen and oxygen atoms in total. The zero-order valence-electron chi connectivity index (χ0n) is 19.9. The zero-order chi connectivity index (χ0) is 24.8. The van der Waals surface area contributed by atoms with Crippen LogP contribution in [0.25, 0.3) is 10.8 Å². The Balaban J connectivity index is 1.36. The molecular formula is C30H32F4O. The largest absolute Gasteiger partial charge is 0.432 e. The molecule has 1 fully saturated rings. The van der Waals surface area contributed by atoms with E-state index in [9.17, 15) is 13.2 Å². The summed E-state index contributed by atoms with van der Waals surface area (Å²) in [5.41, 5.74) is 2.38. The lowest BCUT2D eigenvalue weighted by atomic mass is 9.78. The Morgan fingerprint density at radius 3 is 2.29 bits per heavy atom. The molecule has 3 aromatic carbocycles. The van der Waals surface area contributed by atoms with Crippen molar-refractivity contribution in [2.24, 2.45) is 11.8 Å². The lowest BCUT2D eigenvalue weighted by Crippen LogP contribution is -2.14. The maximum absolute atomic E-state index is 15.2. The van der Waals surface area contributed by atoms with Crippen LogP contribution in [0.15, 0.2) is 61.2 Å². The van der Waals surface area contributed by atoms with Gasteiger partial charge in [-0.05, 0) is 91.0 Å². The summed E-state index contributed by atoms with van der Waals surface area (Å²) in [4.78, 5) is 0. The van der Waals surface area contributed by atoms with Gasteiger partial charge in [-0.2, -0.15) is 8.78 Å². The van der Waals surface area contributed by atoms with E-state index >= 15 is 4.39 Å². The predicted molar refractivity (Wildman–Crippen MR) is 133 cm³/mol. The number of hydrogen-bond donors (Lipinski definition) is 0. The topological polar surface area (TPSA) is 9.23 Å². The van der Waals surface area contributed by atoms with Gasteiger partial charge in [0.2, 0.25) is 0 Å². The standard InChI is InChI=1S/C30H32F4O/c1-2-3-20-4-6-21(7-5-20)8-9-22-11-16-26-25(18-22)15-14-24(29(26)32)13-10-23-12-17-28(27(31)19-23)35-30(33)34/h2,11-12,14-21,30H,1,3-10,13H2. The molecule has 0 N–H and O–H groups in total. The van der Waals surface area contributed by atoms with Gasteiger partial charge in [-0.3, -0.25) is 0 Å². The maximum Gasteiger partial charge on any atom is 0.387 e. The second kappa shape index (κ2) is 11.7. The third-order valence-electron chi connectivity index (χ3n) is 7.30. The molecular weight excluding hydrogens is 452 g/mol. The lowest BCUT2D eigenvalue weighted by molar-refractivity contribution is -0.0522. The molecule has 1 saturated carbocycles. The fourth-order valence-electron chi connectivity index (χ4n) is 5.27. The average Bonchev–Trinajstić information content (AvgIpc) is 2.85. The van der Waals surface area contributed by atoms with Crippen LogP contribution in [0.5, 0.6) is 5.75 Å². The van der Waals surface area contributed by atoms with Crippen molar-refractivity contribution in [3.63, 3.8) is 0 Å². The number of allylic oxidation sites excluding steroid dienone is 1. The van der Waals surface area contributed by atoms with Crippen LogP contribution in [0, 0.1) is 23.5 Å². The fourth-order valence-corrected chi connectivity index (χ4v) is 5.27. The number of halogens is 4. The van der Waals surface area contributed by atoms with E-state index in [2.05, 4.69) is 17.4 Å². The first-order valence-corrected chi connectivity index (χ1v) is 12.5. The van der Waals surface area contributed by atoms with E-state index in [1.54, 1.807) is 6.07 Å². The van der Waals surface area contributed by atoms with E-state index in [0.29, 0.717) is 29.4 Å². The van der Waals surface area contributed by atoms with Gasteiger partial charge in [0.15, 0.2) is 11.6 Å². The first kappa shape index (κ1) is 25.3. The lowest BCUT2D eigenvalue weighted by Gasteiger charge is -2.27. The molecule has 4 rings (SSSR count). The van der Waals surface area contributed by atoms with E-state index in [1.165, 1.54) is 49.8 Å². The molecule has 0 aromatic heterocycles. The highest BCUT2D eigenvalue weighted by molar-refractivity contribution is 5.84. The highest BCUT2D eigenvalue weighted by atomic mass is 19.3. The van der Waals surface area contributed by atoms with Crippen LogP contribution in [0.1, 0.15) is 55.2 Å². The van der Waals surface area contributed by atoms with E-state index in [1.807, 2.05) is 24.3 Å². The number of benzene rings is 3. The monoisotopic (exact) mass is 484 g/mol. The molecule has 3 aromatic rings. The number of ether oxygens (including phenoxy) is 1. The number of rotatable bonds is 10. The van der Waals surface area contributed by atoms with Gasteiger partial charge < -0.3 is 4.74 Å². The SMILES string of the molecule is C=CCC1CCC(CCc2ccc3c(F)c(CCc4ccc(OC(F)F)c(F)c4)ccc3c2)CC1. The zero-order valence-corrected chi connectivity index (χ0v) is 19.9. The van der Waals surface area contributed by atoms with Crippen molar-refractivity contribution >= 4 is 10.8 Å². The Morgan fingerprint density at radius 2 is 1.57 bits per heavy atom. The third kappa shape index (κ3) is 6.65. The van der Waals surface area contributed by atoms with Crippen molar-refractivity contribution in [3.8, 4) is 5.75 Å². The molecule has 1 aliphatic carbocycles. The van der Waals surface area contributed by atoms with E-state index < -0.39 is 18.2 Å². The number of hydrogen-bond acceptors (Lipinski definition) is 1. The maximum atomic E-state index is 15.2. The van der Waals surface area contributed by atoms with Gasteiger partial charge in [0, 0.05) is 5.39 Å². The summed E-state index contributed by atoms with van der Waals surface area (Å²) in [5.74, 6) is -0.0187. The molecule has 35 heavy (non-hydrogen) atoms. The molecule has 186 valence electrons. The summed E-state index contributed by atoms with van der Waals surface area (Å²) in [7, 11) is 0. The van der Waals surface area contributed by atoms with Crippen molar-refractivity contribution in [3.05, 3.63) is 89.5 Å². The van der Waals surface area contributed by atoms with Gasteiger partial charge in [-0.1, -0.05) is 55.3 Å². The highest BCUT2D eigenvalue weighted by Gasteiger charge is 2.20. The minimum Gasteiger partial charge on any atom is -0.432 e. The van der Waals surface area contributed by atoms with Gasteiger partial charge in [0.25, 0.3) is 0 Å². The van der Waals surface area contributed by atoms with Crippen molar-refractivity contribution in [2.75, 3.05) is 0 Å². The summed E-state index contributed by atoms with van der Waals surface area (Å²) < 4.78 is 57.9. The summed E-state index contributed by atoms with van der Waals surface area (Å²) in [5, 5.41) is 1.47. The van der Waals surface area contributed by atoms with Crippen LogP contribution in [0.3, 0.4) is 0 Å². The van der Waals surface area contributed by atoms with Crippen molar-refractivity contribution in [2.45, 2.75) is 64.4 Å². The quantitative estimate of drug-likeness (QED) is 0.206. The minimum absolute atomic E-state index is 0.257. The second-order valence-corrected chi connectivity index (χ2v) is 9.69. The molecule has 0 bridgehead atoms. The average molecular weight is 485 g/mol. The predicted octanol–water partition coefficient (Wildman–Crippen LogP) is 8.82. The minimum atomic E-state index is -3.08. The molecule has 1 aliphatic rings. The van der Waals surface area contributed by atoms with E-state index in [0.717, 1.165) is 36.1 Å². The van der Waals surface area contributed by atoms with E-state index in [4.69, 9.17) is 0 Å². The van der Waals surface area contributed by atoms with Crippen molar-refractivity contribution in [1.82, 2.24) is 0 Å². The van der Waals surface area contributed by atoms with E-state index in [-0.39, 0.29) is 5.82 Å². The summed E-state index contributed by atoms with van der Waals surface area (Å²) >= 11 is 0. The summed E-state index contributed by atoms with van der Waals surface area (Å²) in [6, 6.07) is 13.6. The van der Waals surface area contributed by atoms with Gasteiger partial charge >= 0.3 is 6.61 Å². The van der Waals surface area contributed by atoms with Crippen molar-refractivity contribution in [1.29, 1.82) is 0 Å². The Labute approximate surface area is 204 Å². The normalized spacial score (nSPS) is 18.2. The Hall–Kier alpha value is -2.82. The molecule has 0 atom stereocenters. The van der Waals surface area contributed by atoms with Crippen LogP contribution >= 0.6 is 0 Å². The van der Waals surface area contributed by atoms with Crippen molar-refractivity contribution < 1.29 is 22.3 Å². The molecule has 0 saturated heterocycles. The van der Waals surface area contributed by atoms with Gasteiger partial charge in [0.05, 0.1) is 0 Å². The third-order valence-corrected chi connectivity index (χ3v) is 7.30. The number of aryl methyl sites for hydroxylation is 3. The molecule has 0 spiro atoms. The van der Waals surface area contributed by atoms with Gasteiger partial charge in [-0.25, -0.2) is 8.78 Å². The molecule has 0 unspecified atom stereocenters. The smallest absolute Gasteiger partial charge is 0.387 e. The number of alkyl halides is 2. The van der Waals surface area contributed by atoms with Crippen LogP contribution in [-0.4, -0.2) is 6.61 Å². The highest BCUT2D eigenvalue weighted by Crippen LogP contribution is 2.34. The first-order valence-electron chi connectivity index (χ1n) is 12.5. The number of fused-ring (bicyclic) bond motifs is 1. The Morgan fingerprint density at radius 1 is 0.857 bits per heavy atom. The molecule has 5 heteroatoms. The molecule has 0 heterocycles. The van der Waals surface area contributed by atoms with Crippen LogP contribution in [0.4, 0.5) is 17.6 Å². The Bertz CT molecular complexity index is 1150. The van der Waals surface area contributed by atoms with Gasteiger partial charge in [-0.15, -0.1) is 6.58 Å².